The number of benzene rings is 1. The maximum absolute atomic E-state index is 4.31. The fourth-order valence-corrected chi connectivity index (χ4v) is 2.77. The number of rotatable bonds is 4. The number of nitrogens with zero attached hydrogens (tertiary/aromatic N) is 2. The molecular formula is C17H22N4. The summed E-state index contributed by atoms with van der Waals surface area (Å²) < 4.78 is 0. The first-order chi connectivity index (χ1) is 10.2. The molecule has 1 aromatic carbocycles. The van der Waals surface area contributed by atoms with Crippen molar-refractivity contribution >= 4 is 5.82 Å². The van der Waals surface area contributed by atoms with Crippen LogP contribution in [0.25, 0.3) is 0 Å². The van der Waals surface area contributed by atoms with Crippen molar-refractivity contribution in [2.45, 2.75) is 32.2 Å². The molecule has 0 saturated heterocycles. The van der Waals surface area contributed by atoms with Crippen LogP contribution in [0.1, 0.15) is 42.6 Å². The Hall–Kier alpha value is -1.94. The minimum absolute atomic E-state index is 0.340. The number of aromatic nitrogens is 2. The zero-order valence-corrected chi connectivity index (χ0v) is 12.6. The molecule has 4 heteroatoms. The third-order valence-corrected chi connectivity index (χ3v) is 3.98. The molecule has 1 aromatic heterocycles. The van der Waals surface area contributed by atoms with Gasteiger partial charge in [0.15, 0.2) is 0 Å². The molecule has 0 bridgehead atoms. The van der Waals surface area contributed by atoms with Crippen LogP contribution in [0.2, 0.25) is 0 Å². The Kier molecular flexibility index (Phi) is 4.15. The van der Waals surface area contributed by atoms with E-state index in [4.69, 9.17) is 0 Å². The Morgan fingerprint density at radius 3 is 3.00 bits per heavy atom. The highest BCUT2D eigenvalue weighted by molar-refractivity contribution is 5.38. The van der Waals surface area contributed by atoms with Crippen LogP contribution in [0.5, 0.6) is 0 Å². The summed E-state index contributed by atoms with van der Waals surface area (Å²) in [6.45, 7) is 6.16. The SMILES string of the molecule is CC(C)c1cc(NCC2NCCc3ccccc32)ncn1. The quantitative estimate of drug-likeness (QED) is 0.905. The summed E-state index contributed by atoms with van der Waals surface area (Å²) in [6.07, 6.45) is 2.75. The molecule has 2 aromatic rings. The predicted molar refractivity (Wildman–Crippen MR) is 85.5 cm³/mol. The van der Waals surface area contributed by atoms with Gasteiger partial charge in [-0.2, -0.15) is 0 Å². The summed E-state index contributed by atoms with van der Waals surface area (Å²) in [7, 11) is 0. The molecule has 3 rings (SSSR count). The Morgan fingerprint density at radius 1 is 1.29 bits per heavy atom. The first-order valence-electron chi connectivity index (χ1n) is 7.61. The molecule has 1 unspecified atom stereocenters. The standard InChI is InChI=1S/C17H22N4/c1-12(2)15-9-17(21-11-20-15)19-10-16-14-6-4-3-5-13(14)7-8-18-16/h3-6,9,11-12,16,18H,7-8,10H2,1-2H3,(H,19,20,21). The van der Waals surface area contributed by atoms with Crippen LogP contribution in [0, 0.1) is 0 Å². The van der Waals surface area contributed by atoms with Crippen molar-refractivity contribution in [3.8, 4) is 0 Å². The van der Waals surface area contributed by atoms with Gasteiger partial charge in [-0.3, -0.25) is 0 Å². The molecule has 1 aliphatic rings. The van der Waals surface area contributed by atoms with Gasteiger partial charge in [0.25, 0.3) is 0 Å². The van der Waals surface area contributed by atoms with Crippen molar-refractivity contribution in [3.05, 3.63) is 53.5 Å². The second-order valence-corrected chi connectivity index (χ2v) is 5.82. The zero-order valence-electron chi connectivity index (χ0n) is 12.6. The summed E-state index contributed by atoms with van der Waals surface area (Å²) in [4.78, 5) is 8.62. The van der Waals surface area contributed by atoms with E-state index in [0.717, 1.165) is 31.0 Å². The minimum atomic E-state index is 0.340. The number of nitrogens with one attached hydrogen (secondary N) is 2. The maximum atomic E-state index is 4.31. The third kappa shape index (κ3) is 3.22. The number of anilines is 1. The van der Waals surface area contributed by atoms with Crippen LogP contribution in [-0.4, -0.2) is 23.1 Å². The Labute approximate surface area is 126 Å². The van der Waals surface area contributed by atoms with Crippen LogP contribution in [-0.2, 0) is 6.42 Å². The number of fused-ring (bicyclic) bond motifs is 1. The Balaban J connectivity index is 1.70. The molecule has 0 radical (unpaired) electrons. The van der Waals surface area contributed by atoms with Crippen molar-refractivity contribution in [2.24, 2.45) is 0 Å². The summed E-state index contributed by atoms with van der Waals surface area (Å²) >= 11 is 0. The zero-order chi connectivity index (χ0) is 14.7. The maximum Gasteiger partial charge on any atom is 0.129 e. The number of hydrogen-bond donors (Lipinski definition) is 2. The molecule has 21 heavy (non-hydrogen) atoms. The first kappa shape index (κ1) is 14.0. The minimum Gasteiger partial charge on any atom is -0.368 e. The van der Waals surface area contributed by atoms with E-state index in [9.17, 15) is 0 Å². The highest BCUT2D eigenvalue weighted by Gasteiger charge is 2.18. The molecule has 0 fully saturated rings. The normalized spacial score (nSPS) is 17.6. The molecule has 0 aliphatic carbocycles. The van der Waals surface area contributed by atoms with E-state index < -0.39 is 0 Å². The van der Waals surface area contributed by atoms with Gasteiger partial charge in [-0.15, -0.1) is 0 Å². The van der Waals surface area contributed by atoms with Crippen molar-refractivity contribution in [1.82, 2.24) is 15.3 Å². The van der Waals surface area contributed by atoms with E-state index in [1.165, 1.54) is 11.1 Å². The van der Waals surface area contributed by atoms with Crippen LogP contribution >= 0.6 is 0 Å². The highest BCUT2D eigenvalue weighted by Crippen LogP contribution is 2.23. The second kappa shape index (κ2) is 6.22. The van der Waals surface area contributed by atoms with Gasteiger partial charge in [0.05, 0.1) is 0 Å². The fraction of sp³-hybridized carbons (Fsp3) is 0.412. The van der Waals surface area contributed by atoms with E-state index in [2.05, 4.69) is 58.7 Å². The van der Waals surface area contributed by atoms with Crippen molar-refractivity contribution in [3.63, 3.8) is 0 Å². The van der Waals surface area contributed by atoms with Crippen molar-refractivity contribution in [2.75, 3.05) is 18.4 Å². The molecule has 1 aliphatic heterocycles. The monoisotopic (exact) mass is 282 g/mol. The van der Waals surface area contributed by atoms with Crippen molar-refractivity contribution < 1.29 is 0 Å². The third-order valence-electron chi connectivity index (χ3n) is 3.98. The molecule has 2 N–H and O–H groups in total. The summed E-state index contributed by atoms with van der Waals surface area (Å²) in [5, 5.41) is 7.01. The van der Waals surface area contributed by atoms with E-state index in [0.29, 0.717) is 12.0 Å². The van der Waals surface area contributed by atoms with Gasteiger partial charge in [0.2, 0.25) is 0 Å². The van der Waals surface area contributed by atoms with Gasteiger partial charge in [-0.1, -0.05) is 38.1 Å². The molecule has 1 atom stereocenters. The van der Waals surface area contributed by atoms with Crippen LogP contribution in [0.3, 0.4) is 0 Å². The molecular weight excluding hydrogens is 260 g/mol. The van der Waals surface area contributed by atoms with E-state index in [1.807, 2.05) is 6.07 Å². The predicted octanol–water partition coefficient (Wildman–Crippen LogP) is 2.90. The first-order valence-corrected chi connectivity index (χ1v) is 7.61. The average molecular weight is 282 g/mol. The molecule has 0 spiro atoms. The van der Waals surface area contributed by atoms with Gasteiger partial charge in [-0.25, -0.2) is 9.97 Å². The molecule has 110 valence electrons. The van der Waals surface area contributed by atoms with E-state index >= 15 is 0 Å². The van der Waals surface area contributed by atoms with Gasteiger partial charge in [0, 0.05) is 24.3 Å². The second-order valence-electron chi connectivity index (χ2n) is 5.82. The Morgan fingerprint density at radius 2 is 2.14 bits per heavy atom. The van der Waals surface area contributed by atoms with Gasteiger partial charge < -0.3 is 10.6 Å². The van der Waals surface area contributed by atoms with E-state index in [1.54, 1.807) is 6.33 Å². The summed E-state index contributed by atoms with van der Waals surface area (Å²) in [5.74, 6) is 1.32. The highest BCUT2D eigenvalue weighted by atomic mass is 15.1. The van der Waals surface area contributed by atoms with E-state index in [-0.39, 0.29) is 0 Å². The van der Waals surface area contributed by atoms with Crippen LogP contribution < -0.4 is 10.6 Å². The average Bonchev–Trinajstić information content (AvgIpc) is 2.53. The van der Waals surface area contributed by atoms with Crippen LogP contribution in [0.4, 0.5) is 5.82 Å². The van der Waals surface area contributed by atoms with Gasteiger partial charge in [0.1, 0.15) is 12.1 Å². The smallest absolute Gasteiger partial charge is 0.129 e. The lowest BCUT2D eigenvalue weighted by atomic mass is 9.94. The lowest BCUT2D eigenvalue weighted by molar-refractivity contribution is 0.523. The fourth-order valence-electron chi connectivity index (χ4n) is 2.77. The van der Waals surface area contributed by atoms with Crippen LogP contribution in [0.15, 0.2) is 36.7 Å². The lowest BCUT2D eigenvalue weighted by Crippen LogP contribution is -2.34. The number of hydrogen-bond acceptors (Lipinski definition) is 4. The molecule has 0 saturated carbocycles. The lowest BCUT2D eigenvalue weighted by Gasteiger charge is -2.27. The largest absolute Gasteiger partial charge is 0.368 e. The molecule has 4 nitrogen and oxygen atoms in total. The van der Waals surface area contributed by atoms with Gasteiger partial charge >= 0.3 is 0 Å². The topological polar surface area (TPSA) is 49.8 Å². The molecule has 0 amide bonds. The Bertz CT molecular complexity index is 609. The van der Waals surface area contributed by atoms with Crippen molar-refractivity contribution in [1.29, 1.82) is 0 Å². The summed E-state index contributed by atoms with van der Waals surface area (Å²) in [6, 6.07) is 11.1. The summed E-state index contributed by atoms with van der Waals surface area (Å²) in [5.41, 5.74) is 3.92. The molecule has 2 heterocycles. The van der Waals surface area contributed by atoms with Gasteiger partial charge in [-0.05, 0) is 30.0 Å².